The number of hydrogen-bond acceptors (Lipinski definition) is 5. The Kier molecular flexibility index (Phi) is 5.57. The van der Waals surface area contributed by atoms with E-state index in [1.165, 1.54) is 0 Å². The smallest absolute Gasteiger partial charge is 0.164 e. The Hall–Kier alpha value is -1.28. The molecule has 6 nitrogen and oxygen atoms in total. The maximum absolute atomic E-state index is 12.3. The van der Waals surface area contributed by atoms with Crippen LogP contribution in [0.2, 0.25) is 0 Å². The van der Waals surface area contributed by atoms with E-state index in [1.807, 2.05) is 51.1 Å². The minimum Gasteiger partial charge on any atom is -0.598 e. The molecule has 0 amide bonds. The van der Waals surface area contributed by atoms with E-state index in [-0.39, 0.29) is 11.9 Å². The van der Waals surface area contributed by atoms with Gasteiger partial charge in [-0.1, -0.05) is 35.5 Å². The summed E-state index contributed by atoms with van der Waals surface area (Å²) >= 11 is -1.31. The summed E-state index contributed by atoms with van der Waals surface area (Å²) in [5.74, 6) is 0.0506. The van der Waals surface area contributed by atoms with Crippen molar-refractivity contribution in [2.45, 2.75) is 56.6 Å². The lowest BCUT2D eigenvalue weighted by Crippen LogP contribution is -2.68. The van der Waals surface area contributed by atoms with Gasteiger partial charge in [0.25, 0.3) is 0 Å². The molecule has 1 unspecified atom stereocenters. The molecule has 0 saturated heterocycles. The molecule has 23 heavy (non-hydrogen) atoms. The zero-order valence-electron chi connectivity index (χ0n) is 13.8. The predicted octanol–water partition coefficient (Wildman–Crippen LogP) is 1.90. The number of benzene rings is 1. The van der Waals surface area contributed by atoms with E-state index in [0.29, 0.717) is 19.4 Å². The molecule has 0 aromatic heterocycles. The molecule has 1 aliphatic rings. The molecule has 1 aromatic carbocycles. The van der Waals surface area contributed by atoms with Crippen molar-refractivity contribution in [2.75, 3.05) is 0 Å². The molecule has 1 aromatic rings. The molecule has 1 atom stereocenters. The molecule has 7 heteroatoms. The summed E-state index contributed by atoms with van der Waals surface area (Å²) in [6, 6.07) is 9.90. The van der Waals surface area contributed by atoms with Crippen LogP contribution in [0.5, 0.6) is 0 Å². The van der Waals surface area contributed by atoms with Crippen LogP contribution in [0, 0.1) is 0 Å². The van der Waals surface area contributed by atoms with Crippen molar-refractivity contribution >= 4 is 17.2 Å². The predicted molar refractivity (Wildman–Crippen MR) is 91.4 cm³/mol. The number of amidine groups is 1. The zero-order valence-corrected chi connectivity index (χ0v) is 14.6. The lowest BCUT2D eigenvalue weighted by Gasteiger charge is -2.46. The molecule has 0 aliphatic heterocycles. The second-order valence-electron chi connectivity index (χ2n) is 6.88. The fourth-order valence-electron chi connectivity index (χ4n) is 2.39. The highest BCUT2D eigenvalue weighted by atomic mass is 32.2. The van der Waals surface area contributed by atoms with E-state index < -0.39 is 21.6 Å². The molecule has 4 N–H and O–H groups in total. The number of nitrogens with zero attached hydrogens (tertiary/aromatic N) is 1. The monoisotopic (exact) mass is 339 g/mol. The molecule has 1 aliphatic carbocycles. The van der Waals surface area contributed by atoms with E-state index in [0.717, 1.165) is 5.56 Å². The molecule has 0 bridgehead atoms. The second kappa shape index (κ2) is 7.09. The maximum atomic E-state index is 12.3. The minimum absolute atomic E-state index is 0.0139. The van der Waals surface area contributed by atoms with Crippen LogP contribution in [0.4, 0.5) is 0 Å². The summed E-state index contributed by atoms with van der Waals surface area (Å²) in [5.41, 5.74) is 6.15. The van der Waals surface area contributed by atoms with Crippen LogP contribution >= 0.6 is 0 Å². The van der Waals surface area contributed by atoms with Crippen LogP contribution in [0.1, 0.15) is 39.2 Å². The summed E-state index contributed by atoms with van der Waals surface area (Å²) in [5, 5.41) is 12.1. The number of oxime groups is 1. The molecule has 128 valence electrons. The SMILES string of the molecule is CC(C)(C)[S+]([O-])NC1(/C(N)=N/O)CC(OCc2ccccc2)C1. The maximum Gasteiger partial charge on any atom is 0.164 e. The number of ether oxygens (including phenoxy) is 1. The molecule has 1 fully saturated rings. The topological polar surface area (TPSA) is 103 Å². The van der Waals surface area contributed by atoms with Gasteiger partial charge in [-0.25, -0.2) is 0 Å². The van der Waals surface area contributed by atoms with Crippen molar-refractivity contribution in [2.24, 2.45) is 10.9 Å². The van der Waals surface area contributed by atoms with E-state index in [1.54, 1.807) is 0 Å². The van der Waals surface area contributed by atoms with E-state index in [4.69, 9.17) is 15.7 Å². The lowest BCUT2D eigenvalue weighted by molar-refractivity contribution is -0.0379. The van der Waals surface area contributed by atoms with Gasteiger partial charge in [-0.3, -0.25) is 0 Å². The van der Waals surface area contributed by atoms with Gasteiger partial charge in [0.15, 0.2) is 5.84 Å². The van der Waals surface area contributed by atoms with E-state index in [9.17, 15) is 4.55 Å². The minimum atomic E-state index is -1.31. The van der Waals surface area contributed by atoms with Crippen molar-refractivity contribution in [3.8, 4) is 0 Å². The first kappa shape index (κ1) is 18.1. The van der Waals surface area contributed by atoms with Crippen LogP contribution in [-0.4, -0.2) is 32.0 Å². The fourth-order valence-corrected chi connectivity index (χ4v) is 3.33. The number of nitrogens with two attached hydrogens (primary N) is 1. The molecular weight excluding hydrogens is 314 g/mol. The number of nitrogens with one attached hydrogen (secondary N) is 1. The van der Waals surface area contributed by atoms with Crippen LogP contribution in [0.25, 0.3) is 0 Å². The Labute approximate surface area is 140 Å². The second-order valence-corrected chi connectivity index (χ2v) is 8.84. The summed E-state index contributed by atoms with van der Waals surface area (Å²) in [4.78, 5) is 0. The highest BCUT2D eigenvalue weighted by Crippen LogP contribution is 2.37. The van der Waals surface area contributed by atoms with Gasteiger partial charge in [-0.15, -0.1) is 4.72 Å². The van der Waals surface area contributed by atoms with Gasteiger partial charge in [-0.05, 0) is 26.3 Å². The fraction of sp³-hybridized carbons (Fsp3) is 0.562. The van der Waals surface area contributed by atoms with Crippen molar-refractivity contribution in [3.05, 3.63) is 35.9 Å². The van der Waals surface area contributed by atoms with Gasteiger partial charge in [0, 0.05) is 24.2 Å². The standard InChI is InChI=1S/C16H25N3O3S/c1-15(2,3)23(21)19-16(14(17)18-20)9-13(10-16)22-11-12-7-5-4-6-8-12/h4-8,13,19-20H,9-11H2,1-3H3,(H2,17,18). The quantitative estimate of drug-likeness (QED) is 0.241. The van der Waals surface area contributed by atoms with E-state index in [2.05, 4.69) is 9.88 Å². The van der Waals surface area contributed by atoms with Crippen molar-refractivity contribution in [1.82, 2.24) is 4.72 Å². The average Bonchev–Trinajstić information content (AvgIpc) is 2.48. The van der Waals surface area contributed by atoms with Gasteiger partial charge in [0.05, 0.1) is 12.7 Å². The molecule has 1 saturated carbocycles. The van der Waals surface area contributed by atoms with Crippen LogP contribution in [-0.2, 0) is 22.7 Å². The Balaban J connectivity index is 1.94. The normalized spacial score (nSPS) is 26.6. The highest BCUT2D eigenvalue weighted by molar-refractivity contribution is 7.90. The Bertz CT molecular complexity index is 539. The largest absolute Gasteiger partial charge is 0.598 e. The van der Waals surface area contributed by atoms with Crippen LogP contribution in [0.15, 0.2) is 35.5 Å². The van der Waals surface area contributed by atoms with Crippen molar-refractivity contribution in [3.63, 3.8) is 0 Å². The molecule has 0 heterocycles. The summed E-state index contributed by atoms with van der Waals surface area (Å²) < 4.78 is 20.8. The Morgan fingerprint density at radius 1 is 1.43 bits per heavy atom. The van der Waals surface area contributed by atoms with Gasteiger partial charge in [-0.2, -0.15) is 0 Å². The Morgan fingerprint density at radius 3 is 2.57 bits per heavy atom. The third kappa shape index (κ3) is 4.38. The zero-order chi connectivity index (χ0) is 17.1. The van der Waals surface area contributed by atoms with Gasteiger partial charge in [0.2, 0.25) is 0 Å². The third-order valence-electron chi connectivity index (χ3n) is 3.92. The highest BCUT2D eigenvalue weighted by Gasteiger charge is 2.53. The third-order valence-corrected chi connectivity index (χ3v) is 5.61. The van der Waals surface area contributed by atoms with Crippen LogP contribution < -0.4 is 10.5 Å². The first-order chi connectivity index (χ1) is 10.8. The molecular formula is C16H25N3O3S. The average molecular weight is 339 g/mol. The first-order valence-corrected chi connectivity index (χ1v) is 8.75. The summed E-state index contributed by atoms with van der Waals surface area (Å²) in [6.07, 6.45) is 1.04. The van der Waals surface area contributed by atoms with Crippen LogP contribution in [0.3, 0.4) is 0 Å². The molecule has 2 rings (SSSR count). The van der Waals surface area contributed by atoms with Gasteiger partial charge >= 0.3 is 0 Å². The van der Waals surface area contributed by atoms with Crippen molar-refractivity contribution in [1.29, 1.82) is 0 Å². The summed E-state index contributed by atoms with van der Waals surface area (Å²) in [6.45, 7) is 6.13. The number of rotatable bonds is 6. The Morgan fingerprint density at radius 2 is 2.04 bits per heavy atom. The molecule has 0 radical (unpaired) electrons. The van der Waals surface area contributed by atoms with Gasteiger partial charge < -0.3 is 20.2 Å². The number of hydrogen-bond donors (Lipinski definition) is 3. The lowest BCUT2D eigenvalue weighted by atomic mass is 9.74. The van der Waals surface area contributed by atoms with E-state index >= 15 is 0 Å². The summed E-state index contributed by atoms with van der Waals surface area (Å²) in [7, 11) is 0. The first-order valence-electron chi connectivity index (χ1n) is 7.60. The van der Waals surface area contributed by atoms with Gasteiger partial charge in [0.1, 0.15) is 10.3 Å². The van der Waals surface area contributed by atoms with Crippen molar-refractivity contribution < 1.29 is 14.5 Å². The molecule has 0 spiro atoms.